The average molecular weight is 394 g/mol. The first-order valence-corrected chi connectivity index (χ1v) is 9.14. The minimum absolute atomic E-state index is 0.0609. The van der Waals surface area contributed by atoms with Crippen molar-refractivity contribution in [1.29, 1.82) is 0 Å². The number of rotatable bonds is 6. The van der Waals surface area contributed by atoms with E-state index in [0.717, 1.165) is 36.8 Å². The number of para-hydroxylation sites is 2. The fraction of sp³-hybridized carbons (Fsp3) is 0.350. The molecule has 2 N–H and O–H groups in total. The number of halogens is 3. The minimum Gasteiger partial charge on any atom is -0.433 e. The first kappa shape index (κ1) is 20.0. The predicted molar refractivity (Wildman–Crippen MR) is 100 cm³/mol. The molecule has 0 unspecified atom stereocenters. The first-order chi connectivity index (χ1) is 13.4. The SMILES string of the molecule is C[C@H](C(=O)Nc1ccccc1OC(F)F)[NH+]1CCN(c2ccc(F)cc2)CC1. The number of anilines is 2. The van der Waals surface area contributed by atoms with Crippen LogP contribution < -0.4 is 19.9 Å². The molecular formula is C20H23F3N3O2+. The number of benzene rings is 2. The molecule has 1 aliphatic rings. The topological polar surface area (TPSA) is 46.0 Å². The number of piperazine rings is 1. The predicted octanol–water partition coefficient (Wildman–Crippen LogP) is 2.16. The van der Waals surface area contributed by atoms with Crippen LogP contribution in [0.25, 0.3) is 0 Å². The number of hydrogen-bond donors (Lipinski definition) is 2. The van der Waals surface area contributed by atoms with Crippen molar-refractivity contribution < 1.29 is 27.6 Å². The number of nitrogens with zero attached hydrogens (tertiary/aromatic N) is 1. The van der Waals surface area contributed by atoms with Crippen molar-refractivity contribution in [1.82, 2.24) is 0 Å². The van der Waals surface area contributed by atoms with Crippen molar-refractivity contribution in [3.8, 4) is 5.75 Å². The van der Waals surface area contributed by atoms with Crippen molar-refractivity contribution in [2.45, 2.75) is 19.6 Å². The highest BCUT2D eigenvalue weighted by Crippen LogP contribution is 2.25. The Labute approximate surface area is 161 Å². The lowest BCUT2D eigenvalue weighted by molar-refractivity contribution is -0.914. The van der Waals surface area contributed by atoms with Gasteiger partial charge in [-0.05, 0) is 43.3 Å². The Balaban J connectivity index is 1.57. The molecule has 0 aromatic heterocycles. The molecule has 1 aliphatic heterocycles. The largest absolute Gasteiger partial charge is 0.433 e. The van der Waals surface area contributed by atoms with Gasteiger partial charge in [-0.3, -0.25) is 4.79 Å². The van der Waals surface area contributed by atoms with E-state index in [1.807, 2.05) is 6.92 Å². The summed E-state index contributed by atoms with van der Waals surface area (Å²) in [5.41, 5.74) is 1.18. The summed E-state index contributed by atoms with van der Waals surface area (Å²) in [7, 11) is 0. The van der Waals surface area contributed by atoms with Crippen molar-refractivity contribution in [2.24, 2.45) is 0 Å². The molecule has 8 heteroatoms. The lowest BCUT2D eigenvalue weighted by Crippen LogP contribution is -3.19. The van der Waals surface area contributed by atoms with Crippen LogP contribution in [-0.4, -0.2) is 44.7 Å². The second kappa shape index (κ2) is 8.97. The number of amides is 1. The molecule has 2 aromatic rings. The van der Waals surface area contributed by atoms with Crippen LogP contribution in [0.2, 0.25) is 0 Å². The van der Waals surface area contributed by atoms with Crippen molar-refractivity contribution in [3.05, 3.63) is 54.3 Å². The quantitative estimate of drug-likeness (QED) is 0.790. The molecular weight excluding hydrogens is 371 g/mol. The molecule has 0 spiro atoms. The van der Waals surface area contributed by atoms with Crippen LogP contribution in [0.1, 0.15) is 6.92 Å². The van der Waals surface area contributed by atoms with Crippen LogP contribution in [0, 0.1) is 5.82 Å². The maximum Gasteiger partial charge on any atom is 0.387 e. The van der Waals surface area contributed by atoms with E-state index in [9.17, 15) is 18.0 Å². The van der Waals surface area contributed by atoms with Gasteiger partial charge in [0.15, 0.2) is 6.04 Å². The van der Waals surface area contributed by atoms with Crippen LogP contribution >= 0.6 is 0 Å². The van der Waals surface area contributed by atoms with Gasteiger partial charge in [-0.1, -0.05) is 12.1 Å². The fourth-order valence-electron chi connectivity index (χ4n) is 3.33. The zero-order valence-electron chi connectivity index (χ0n) is 15.5. The zero-order valence-corrected chi connectivity index (χ0v) is 15.5. The Morgan fingerprint density at radius 1 is 1.11 bits per heavy atom. The Morgan fingerprint density at radius 3 is 2.39 bits per heavy atom. The third-order valence-electron chi connectivity index (χ3n) is 4.96. The van der Waals surface area contributed by atoms with Gasteiger partial charge in [0.25, 0.3) is 5.91 Å². The van der Waals surface area contributed by atoms with Gasteiger partial charge in [-0.2, -0.15) is 8.78 Å². The summed E-state index contributed by atoms with van der Waals surface area (Å²) in [5, 5.41) is 2.69. The summed E-state index contributed by atoms with van der Waals surface area (Å²) in [6.07, 6.45) is 0. The molecule has 1 heterocycles. The molecule has 1 atom stereocenters. The highest BCUT2D eigenvalue weighted by molar-refractivity contribution is 5.94. The molecule has 5 nitrogen and oxygen atoms in total. The van der Waals surface area contributed by atoms with E-state index < -0.39 is 6.61 Å². The Bertz CT molecular complexity index is 794. The Hall–Kier alpha value is -2.74. The summed E-state index contributed by atoms with van der Waals surface area (Å²) in [4.78, 5) is 15.9. The summed E-state index contributed by atoms with van der Waals surface area (Å²) < 4.78 is 42.6. The lowest BCUT2D eigenvalue weighted by Gasteiger charge is -2.36. The first-order valence-electron chi connectivity index (χ1n) is 9.14. The van der Waals surface area contributed by atoms with Crippen LogP contribution in [0.5, 0.6) is 5.75 Å². The number of carbonyl (C=O) groups is 1. The molecule has 0 aliphatic carbocycles. The van der Waals surface area contributed by atoms with Gasteiger partial charge in [0.05, 0.1) is 31.9 Å². The fourth-order valence-corrected chi connectivity index (χ4v) is 3.33. The van der Waals surface area contributed by atoms with Crippen LogP contribution in [0.3, 0.4) is 0 Å². The van der Waals surface area contributed by atoms with E-state index in [-0.39, 0.29) is 29.2 Å². The molecule has 28 heavy (non-hydrogen) atoms. The summed E-state index contributed by atoms with van der Waals surface area (Å²) in [6.45, 7) is 1.81. The number of carbonyl (C=O) groups excluding carboxylic acids is 1. The van der Waals surface area contributed by atoms with Crippen LogP contribution in [0.4, 0.5) is 24.5 Å². The Kier molecular flexibility index (Phi) is 6.41. The summed E-state index contributed by atoms with van der Waals surface area (Å²) in [6, 6.07) is 12.1. The third kappa shape index (κ3) is 4.95. The van der Waals surface area contributed by atoms with Gasteiger partial charge in [-0.15, -0.1) is 0 Å². The van der Waals surface area contributed by atoms with Gasteiger partial charge in [0, 0.05) is 5.69 Å². The highest BCUT2D eigenvalue weighted by atomic mass is 19.3. The normalized spacial score (nSPS) is 16.1. The van der Waals surface area contributed by atoms with E-state index in [1.165, 1.54) is 24.3 Å². The van der Waals surface area contributed by atoms with Gasteiger partial charge in [0.1, 0.15) is 11.6 Å². The number of nitrogens with one attached hydrogen (secondary N) is 2. The summed E-state index contributed by atoms with van der Waals surface area (Å²) >= 11 is 0. The molecule has 0 radical (unpaired) electrons. The van der Waals surface area contributed by atoms with E-state index in [1.54, 1.807) is 24.3 Å². The van der Waals surface area contributed by atoms with E-state index in [0.29, 0.717) is 0 Å². The van der Waals surface area contributed by atoms with Crippen LogP contribution in [0.15, 0.2) is 48.5 Å². The van der Waals surface area contributed by atoms with Gasteiger partial charge in [-0.25, -0.2) is 4.39 Å². The third-order valence-corrected chi connectivity index (χ3v) is 4.96. The monoisotopic (exact) mass is 394 g/mol. The lowest BCUT2D eigenvalue weighted by atomic mass is 10.2. The highest BCUT2D eigenvalue weighted by Gasteiger charge is 2.29. The van der Waals surface area contributed by atoms with Crippen molar-refractivity contribution in [2.75, 3.05) is 36.4 Å². The molecule has 2 aromatic carbocycles. The summed E-state index contributed by atoms with van der Waals surface area (Å²) in [5.74, 6) is -0.584. The molecule has 3 rings (SSSR count). The van der Waals surface area contributed by atoms with Crippen molar-refractivity contribution in [3.63, 3.8) is 0 Å². The average Bonchev–Trinajstić information content (AvgIpc) is 2.69. The second-order valence-corrected chi connectivity index (χ2v) is 6.71. The smallest absolute Gasteiger partial charge is 0.387 e. The number of ether oxygens (including phenoxy) is 1. The van der Waals surface area contributed by atoms with Gasteiger partial charge < -0.3 is 19.9 Å². The number of alkyl halides is 2. The molecule has 0 saturated carbocycles. The number of quaternary nitrogens is 1. The minimum atomic E-state index is -2.96. The molecule has 1 amide bonds. The van der Waals surface area contributed by atoms with E-state index >= 15 is 0 Å². The van der Waals surface area contributed by atoms with Crippen LogP contribution in [-0.2, 0) is 4.79 Å². The molecule has 1 saturated heterocycles. The number of hydrogen-bond acceptors (Lipinski definition) is 3. The molecule has 0 bridgehead atoms. The van der Waals surface area contributed by atoms with Gasteiger partial charge >= 0.3 is 6.61 Å². The van der Waals surface area contributed by atoms with Gasteiger partial charge in [0.2, 0.25) is 0 Å². The molecule has 150 valence electrons. The standard InChI is InChI=1S/C20H22F3N3O2/c1-14(19(27)24-17-4-2-3-5-18(17)28-20(22)23)25-10-12-26(13-11-25)16-8-6-15(21)7-9-16/h2-9,14,20H,10-13H2,1H3,(H,24,27)/p+1/t14-/m1/s1. The van der Waals surface area contributed by atoms with Crippen molar-refractivity contribution >= 4 is 17.3 Å². The van der Waals surface area contributed by atoms with E-state index in [2.05, 4.69) is 15.0 Å². The molecule has 1 fully saturated rings. The maximum atomic E-state index is 13.1. The van der Waals surface area contributed by atoms with E-state index in [4.69, 9.17) is 0 Å². The second-order valence-electron chi connectivity index (χ2n) is 6.71. The maximum absolute atomic E-state index is 13.1. The zero-order chi connectivity index (χ0) is 20.1. The Morgan fingerprint density at radius 2 is 1.75 bits per heavy atom.